The van der Waals surface area contributed by atoms with Gasteiger partial charge in [0.25, 0.3) is 0 Å². The van der Waals surface area contributed by atoms with Crippen LogP contribution in [-0.2, 0) is 6.42 Å². The number of hydrogen-bond donors (Lipinski definition) is 1. The van der Waals surface area contributed by atoms with Crippen molar-refractivity contribution in [2.24, 2.45) is 0 Å². The van der Waals surface area contributed by atoms with E-state index in [9.17, 15) is 4.39 Å². The van der Waals surface area contributed by atoms with Crippen LogP contribution in [0.2, 0.25) is 0 Å². The molecule has 0 atom stereocenters. The monoisotopic (exact) mass is 276 g/mol. The zero-order valence-corrected chi connectivity index (χ0v) is 11.5. The minimum absolute atomic E-state index is 0.185. The molecule has 2 aromatic rings. The first-order valence-electron chi connectivity index (χ1n) is 5.77. The number of benzene rings is 1. The van der Waals surface area contributed by atoms with Crippen molar-refractivity contribution in [2.75, 3.05) is 12.8 Å². The molecule has 0 aliphatic carbocycles. The summed E-state index contributed by atoms with van der Waals surface area (Å²) in [6, 6.07) is 6.74. The highest BCUT2D eigenvalue weighted by atomic mass is 32.1. The number of nitrogens with zero attached hydrogens (tertiary/aromatic N) is 1. The van der Waals surface area contributed by atoms with E-state index in [0.29, 0.717) is 10.6 Å². The smallest absolute Gasteiger partial charge is 0.165 e. The zero-order valence-electron chi connectivity index (χ0n) is 10.7. The van der Waals surface area contributed by atoms with Gasteiger partial charge in [0.05, 0.1) is 12.8 Å². The Morgan fingerprint density at radius 3 is 2.79 bits per heavy atom. The third-order valence-corrected chi connectivity index (χ3v) is 4.12. The molecule has 0 aliphatic rings. The fraction of sp³-hybridized carbons (Fsp3) is 0.214. The van der Waals surface area contributed by atoms with Gasteiger partial charge in [0.2, 0.25) is 0 Å². The molecule has 0 saturated heterocycles. The van der Waals surface area contributed by atoms with Crippen molar-refractivity contribution < 1.29 is 9.13 Å². The molecule has 0 unspecified atom stereocenters. The molecule has 5 heteroatoms. The number of halogens is 1. The quantitative estimate of drug-likeness (QED) is 0.932. The maximum Gasteiger partial charge on any atom is 0.165 e. The highest BCUT2D eigenvalue weighted by Crippen LogP contribution is 2.39. The van der Waals surface area contributed by atoms with E-state index in [1.807, 2.05) is 6.92 Å². The van der Waals surface area contributed by atoms with E-state index in [2.05, 4.69) is 6.07 Å². The number of methoxy groups -OCH3 is 1. The minimum atomic E-state index is -0.408. The van der Waals surface area contributed by atoms with Crippen molar-refractivity contribution in [1.82, 2.24) is 0 Å². The Kier molecular flexibility index (Phi) is 3.72. The third kappa shape index (κ3) is 2.27. The molecule has 19 heavy (non-hydrogen) atoms. The molecule has 0 amide bonds. The van der Waals surface area contributed by atoms with Gasteiger partial charge < -0.3 is 10.5 Å². The van der Waals surface area contributed by atoms with Gasteiger partial charge in [0, 0.05) is 4.88 Å². The predicted octanol–water partition coefficient (Wildman–Crippen LogP) is 3.58. The Morgan fingerprint density at radius 2 is 2.21 bits per heavy atom. The van der Waals surface area contributed by atoms with Gasteiger partial charge in [-0.25, -0.2) is 4.39 Å². The highest BCUT2D eigenvalue weighted by Gasteiger charge is 2.17. The molecule has 0 fully saturated rings. The molecule has 1 heterocycles. The summed E-state index contributed by atoms with van der Waals surface area (Å²) in [6.45, 7) is 1.98. The van der Waals surface area contributed by atoms with Crippen LogP contribution in [0.5, 0.6) is 5.75 Å². The molecule has 0 bridgehead atoms. The first kappa shape index (κ1) is 13.4. The second kappa shape index (κ2) is 5.29. The molecular weight excluding hydrogens is 263 g/mol. The van der Waals surface area contributed by atoms with Crippen LogP contribution in [0.4, 0.5) is 10.1 Å². The summed E-state index contributed by atoms with van der Waals surface area (Å²) in [5, 5.41) is 9.04. The van der Waals surface area contributed by atoms with Gasteiger partial charge in [-0.3, -0.25) is 0 Å². The molecule has 98 valence electrons. The lowest BCUT2D eigenvalue weighted by Crippen LogP contribution is -1.92. The number of hydrogen-bond acceptors (Lipinski definition) is 4. The molecule has 1 aromatic carbocycles. The highest BCUT2D eigenvalue weighted by molar-refractivity contribution is 7.16. The number of rotatable bonds is 3. The largest absolute Gasteiger partial charge is 0.494 e. The van der Waals surface area contributed by atoms with Crippen molar-refractivity contribution in [1.29, 1.82) is 5.26 Å². The molecule has 3 nitrogen and oxygen atoms in total. The molecule has 0 aliphatic heterocycles. The maximum atomic E-state index is 13.4. The number of ether oxygens (including phenoxy) is 1. The van der Waals surface area contributed by atoms with Crippen LogP contribution >= 0.6 is 11.3 Å². The van der Waals surface area contributed by atoms with Gasteiger partial charge in [-0.15, -0.1) is 11.3 Å². The van der Waals surface area contributed by atoms with Crippen LogP contribution in [0.3, 0.4) is 0 Å². The van der Waals surface area contributed by atoms with E-state index in [0.717, 1.165) is 22.4 Å². The Bertz CT molecular complexity index is 658. The minimum Gasteiger partial charge on any atom is -0.494 e. The van der Waals surface area contributed by atoms with Crippen LogP contribution < -0.4 is 10.5 Å². The van der Waals surface area contributed by atoms with E-state index in [4.69, 9.17) is 15.7 Å². The van der Waals surface area contributed by atoms with Gasteiger partial charge in [0.1, 0.15) is 10.9 Å². The average Bonchev–Trinajstić information content (AvgIpc) is 2.75. The lowest BCUT2D eigenvalue weighted by atomic mass is 10.1. The van der Waals surface area contributed by atoms with Gasteiger partial charge >= 0.3 is 0 Å². The van der Waals surface area contributed by atoms with Crippen molar-refractivity contribution >= 4 is 17.0 Å². The van der Waals surface area contributed by atoms with E-state index >= 15 is 0 Å². The van der Waals surface area contributed by atoms with Crippen LogP contribution in [-0.4, -0.2) is 7.11 Å². The Morgan fingerprint density at radius 1 is 1.47 bits per heavy atom. The van der Waals surface area contributed by atoms with E-state index in [1.54, 1.807) is 12.1 Å². The van der Waals surface area contributed by atoms with E-state index in [-0.39, 0.29) is 5.75 Å². The summed E-state index contributed by atoms with van der Waals surface area (Å²) < 4.78 is 18.4. The van der Waals surface area contributed by atoms with Crippen LogP contribution in [0.1, 0.15) is 17.4 Å². The first-order valence-corrected chi connectivity index (χ1v) is 6.59. The second-order valence-electron chi connectivity index (χ2n) is 3.97. The molecule has 2 N–H and O–H groups in total. The second-order valence-corrected chi connectivity index (χ2v) is 4.99. The van der Waals surface area contributed by atoms with Gasteiger partial charge in [-0.1, -0.05) is 13.0 Å². The SMILES string of the molecule is CCc1c(-c2ccc(F)c(OC)c2)sc(C#N)c1N. The molecular formula is C14H13FN2OS. The van der Waals surface area contributed by atoms with Gasteiger partial charge in [0.15, 0.2) is 11.6 Å². The summed E-state index contributed by atoms with van der Waals surface area (Å²) >= 11 is 1.32. The average molecular weight is 276 g/mol. The molecule has 0 radical (unpaired) electrons. The summed E-state index contributed by atoms with van der Waals surface area (Å²) in [6.07, 6.45) is 0.721. The predicted molar refractivity (Wildman–Crippen MR) is 74.8 cm³/mol. The summed E-state index contributed by atoms with van der Waals surface area (Å²) in [4.78, 5) is 1.39. The maximum absolute atomic E-state index is 13.4. The summed E-state index contributed by atoms with van der Waals surface area (Å²) in [7, 11) is 1.42. The standard InChI is InChI=1S/C14H13FN2OS/c1-3-9-13(17)12(7-16)19-14(9)8-4-5-10(15)11(6-8)18-2/h4-6H,3,17H2,1-2H3. The summed E-state index contributed by atoms with van der Waals surface area (Å²) in [5.74, 6) is -0.223. The molecule has 1 aromatic heterocycles. The van der Waals surface area contributed by atoms with E-state index < -0.39 is 5.82 Å². The van der Waals surface area contributed by atoms with Crippen molar-refractivity contribution in [2.45, 2.75) is 13.3 Å². The molecule has 0 saturated carbocycles. The number of nitrogen functional groups attached to an aromatic ring is 1. The van der Waals surface area contributed by atoms with E-state index in [1.165, 1.54) is 24.5 Å². The van der Waals surface area contributed by atoms with Crippen LogP contribution in [0.25, 0.3) is 10.4 Å². The number of anilines is 1. The topological polar surface area (TPSA) is 59.0 Å². The lowest BCUT2D eigenvalue weighted by Gasteiger charge is -2.06. The number of nitriles is 1. The van der Waals surface area contributed by atoms with Gasteiger partial charge in [-0.2, -0.15) is 5.26 Å². The van der Waals surface area contributed by atoms with Crippen molar-refractivity contribution in [3.05, 3.63) is 34.5 Å². The number of nitrogens with two attached hydrogens (primary N) is 1. The lowest BCUT2D eigenvalue weighted by molar-refractivity contribution is 0.387. The Hall–Kier alpha value is -2.06. The molecule has 0 spiro atoms. The summed E-state index contributed by atoms with van der Waals surface area (Å²) in [5.41, 5.74) is 8.21. The normalized spacial score (nSPS) is 10.2. The fourth-order valence-electron chi connectivity index (χ4n) is 1.95. The Labute approximate surface area is 115 Å². The third-order valence-electron chi connectivity index (χ3n) is 2.92. The van der Waals surface area contributed by atoms with Crippen molar-refractivity contribution in [3.63, 3.8) is 0 Å². The van der Waals surface area contributed by atoms with Gasteiger partial charge in [-0.05, 0) is 29.7 Å². The molecule has 2 rings (SSSR count). The number of thiophene rings is 1. The van der Waals surface area contributed by atoms with Crippen LogP contribution in [0.15, 0.2) is 18.2 Å². The first-order chi connectivity index (χ1) is 9.12. The van der Waals surface area contributed by atoms with Crippen molar-refractivity contribution in [3.8, 4) is 22.3 Å². The zero-order chi connectivity index (χ0) is 14.0. The fourth-order valence-corrected chi connectivity index (χ4v) is 3.05. The van der Waals surface area contributed by atoms with Crippen LogP contribution in [0, 0.1) is 17.1 Å². The Balaban J connectivity index is 2.62.